The lowest BCUT2D eigenvalue weighted by molar-refractivity contribution is -0.141. The molecule has 0 saturated carbocycles. The van der Waals surface area contributed by atoms with Gasteiger partial charge in [-0.25, -0.2) is 0 Å². The van der Waals surface area contributed by atoms with Crippen LogP contribution in [0.4, 0.5) is 13.2 Å². The van der Waals surface area contributed by atoms with Crippen molar-refractivity contribution in [2.45, 2.75) is 40.0 Å². The van der Waals surface area contributed by atoms with Gasteiger partial charge in [0.15, 0.2) is 5.78 Å². The highest BCUT2D eigenvalue weighted by Gasteiger charge is 2.30. The molecule has 0 N–H and O–H groups in total. The quantitative estimate of drug-likeness (QED) is 0.638. The van der Waals surface area contributed by atoms with Gasteiger partial charge in [0.25, 0.3) is 0 Å². The maximum Gasteiger partial charge on any atom is 0.406 e. The molecule has 9 heteroatoms. The van der Waals surface area contributed by atoms with Gasteiger partial charge in [-0.05, 0) is 37.6 Å². The van der Waals surface area contributed by atoms with Crippen LogP contribution in [-0.2, 0) is 13.1 Å². The Morgan fingerprint density at radius 2 is 1.85 bits per heavy atom. The third-order valence-electron chi connectivity index (χ3n) is 4.34. The fourth-order valence-corrected chi connectivity index (χ4v) is 2.96. The maximum absolute atomic E-state index is 12.7. The molecule has 2 aromatic heterocycles. The first-order valence-electron chi connectivity index (χ1n) is 8.26. The van der Waals surface area contributed by atoms with E-state index in [1.54, 1.807) is 6.92 Å². The largest absolute Gasteiger partial charge is 0.406 e. The van der Waals surface area contributed by atoms with Gasteiger partial charge in [0, 0.05) is 22.5 Å². The fourth-order valence-electron chi connectivity index (χ4n) is 2.96. The van der Waals surface area contributed by atoms with Crippen molar-refractivity contribution < 1.29 is 18.0 Å². The molecule has 2 heterocycles. The van der Waals surface area contributed by atoms with E-state index in [2.05, 4.69) is 15.4 Å². The molecule has 0 aliphatic rings. The number of rotatable bonds is 5. The number of aromatic nitrogens is 5. The molecule has 0 aliphatic heterocycles. The number of carbonyl (C=O) groups is 1. The van der Waals surface area contributed by atoms with Crippen LogP contribution in [0.3, 0.4) is 0 Å². The molecule has 0 aliphatic carbocycles. The molecular formula is C18H18F3N5O. The number of benzene rings is 1. The lowest BCUT2D eigenvalue weighted by atomic mass is 10.1. The zero-order valence-corrected chi connectivity index (χ0v) is 15.1. The highest BCUT2D eigenvalue weighted by molar-refractivity contribution is 5.97. The van der Waals surface area contributed by atoms with Crippen LogP contribution in [0.25, 0.3) is 11.4 Å². The van der Waals surface area contributed by atoms with Crippen molar-refractivity contribution in [2.75, 3.05) is 0 Å². The monoisotopic (exact) mass is 377 g/mol. The van der Waals surface area contributed by atoms with E-state index in [9.17, 15) is 18.0 Å². The molecule has 0 saturated heterocycles. The van der Waals surface area contributed by atoms with Gasteiger partial charge in [-0.1, -0.05) is 24.3 Å². The summed E-state index contributed by atoms with van der Waals surface area (Å²) in [5, 5.41) is 12.1. The smallest absolute Gasteiger partial charge is 0.339 e. The third kappa shape index (κ3) is 4.07. The Morgan fingerprint density at radius 3 is 2.52 bits per heavy atom. The summed E-state index contributed by atoms with van der Waals surface area (Å²) >= 11 is 0. The molecule has 142 valence electrons. The van der Waals surface area contributed by atoms with E-state index in [0.29, 0.717) is 11.5 Å². The highest BCUT2D eigenvalue weighted by atomic mass is 19.4. The Balaban J connectivity index is 1.81. The van der Waals surface area contributed by atoms with E-state index >= 15 is 0 Å². The van der Waals surface area contributed by atoms with Gasteiger partial charge < -0.3 is 4.57 Å². The summed E-state index contributed by atoms with van der Waals surface area (Å²) in [5.41, 5.74) is 2.65. The average molecular weight is 377 g/mol. The number of halogens is 3. The summed E-state index contributed by atoms with van der Waals surface area (Å²) < 4.78 is 39.2. The van der Waals surface area contributed by atoms with E-state index < -0.39 is 12.7 Å². The Bertz CT molecular complexity index is 987. The predicted molar refractivity (Wildman–Crippen MR) is 92.3 cm³/mol. The number of alkyl halides is 3. The number of hydrogen-bond donors (Lipinski definition) is 0. The van der Waals surface area contributed by atoms with Crippen molar-refractivity contribution in [3.05, 3.63) is 52.8 Å². The molecule has 3 rings (SSSR count). The zero-order valence-electron chi connectivity index (χ0n) is 15.1. The number of aryl methyl sites for hydroxylation is 2. The second-order valence-electron chi connectivity index (χ2n) is 6.37. The second-order valence-corrected chi connectivity index (χ2v) is 6.37. The van der Waals surface area contributed by atoms with Crippen molar-refractivity contribution in [3.63, 3.8) is 0 Å². The van der Waals surface area contributed by atoms with Crippen LogP contribution in [0.2, 0.25) is 0 Å². The SMILES string of the molecule is Cc1ccccc1-c1nnn(CC(=O)c2cc(C)n(CC(F)(F)F)c2C)n1. The van der Waals surface area contributed by atoms with Crippen LogP contribution in [0, 0.1) is 20.8 Å². The van der Waals surface area contributed by atoms with E-state index in [1.807, 2.05) is 31.2 Å². The van der Waals surface area contributed by atoms with Crippen LogP contribution in [0.1, 0.15) is 27.3 Å². The van der Waals surface area contributed by atoms with Crippen LogP contribution >= 0.6 is 0 Å². The molecule has 0 fully saturated rings. The van der Waals surface area contributed by atoms with Crippen molar-refractivity contribution in [1.82, 2.24) is 24.8 Å². The molecule has 27 heavy (non-hydrogen) atoms. The molecular weight excluding hydrogens is 359 g/mol. The van der Waals surface area contributed by atoms with Gasteiger partial charge in [0.2, 0.25) is 5.82 Å². The Hall–Kier alpha value is -2.97. The number of carbonyl (C=O) groups excluding carboxylic acids is 1. The minimum atomic E-state index is -4.36. The van der Waals surface area contributed by atoms with E-state index in [1.165, 1.54) is 13.0 Å². The van der Waals surface area contributed by atoms with Crippen LogP contribution < -0.4 is 0 Å². The summed E-state index contributed by atoms with van der Waals surface area (Å²) in [7, 11) is 0. The van der Waals surface area contributed by atoms with Crippen LogP contribution in [0.5, 0.6) is 0 Å². The van der Waals surface area contributed by atoms with E-state index in [0.717, 1.165) is 20.5 Å². The number of Topliss-reactive ketones (excluding diaryl/α,β-unsaturated/α-hetero) is 1. The van der Waals surface area contributed by atoms with Crippen LogP contribution in [-0.4, -0.2) is 36.7 Å². The first-order valence-corrected chi connectivity index (χ1v) is 8.26. The van der Waals surface area contributed by atoms with Crippen molar-refractivity contribution >= 4 is 5.78 Å². The second kappa shape index (κ2) is 6.98. The van der Waals surface area contributed by atoms with Crippen molar-refractivity contribution in [2.24, 2.45) is 0 Å². The number of hydrogen-bond acceptors (Lipinski definition) is 4. The van der Waals surface area contributed by atoms with Crippen LogP contribution in [0.15, 0.2) is 30.3 Å². The summed E-state index contributed by atoms with van der Waals surface area (Å²) in [6.07, 6.45) is -4.36. The number of tetrazole rings is 1. The Kier molecular flexibility index (Phi) is 4.86. The van der Waals surface area contributed by atoms with Crippen molar-refractivity contribution in [3.8, 4) is 11.4 Å². The lowest BCUT2D eigenvalue weighted by Gasteiger charge is -2.12. The predicted octanol–water partition coefficient (Wildman–Crippen LogP) is 3.51. The van der Waals surface area contributed by atoms with Crippen molar-refractivity contribution in [1.29, 1.82) is 0 Å². The number of ketones is 1. The van der Waals surface area contributed by atoms with Gasteiger partial charge in [-0.15, -0.1) is 10.2 Å². The summed E-state index contributed by atoms with van der Waals surface area (Å²) in [4.78, 5) is 13.7. The molecule has 6 nitrogen and oxygen atoms in total. The average Bonchev–Trinajstić information content (AvgIpc) is 3.14. The number of nitrogens with zero attached hydrogens (tertiary/aromatic N) is 5. The zero-order chi connectivity index (χ0) is 19.8. The van der Waals surface area contributed by atoms with Gasteiger partial charge in [-0.3, -0.25) is 4.79 Å². The molecule has 0 radical (unpaired) electrons. The Morgan fingerprint density at radius 1 is 1.15 bits per heavy atom. The molecule has 0 spiro atoms. The van der Waals surface area contributed by atoms with Gasteiger partial charge in [0.05, 0.1) is 0 Å². The van der Waals surface area contributed by atoms with E-state index in [4.69, 9.17) is 0 Å². The van der Waals surface area contributed by atoms with Gasteiger partial charge >= 0.3 is 6.18 Å². The molecule has 0 unspecified atom stereocenters. The molecule has 1 aromatic carbocycles. The topological polar surface area (TPSA) is 65.6 Å². The lowest BCUT2D eigenvalue weighted by Crippen LogP contribution is -2.20. The summed E-state index contributed by atoms with van der Waals surface area (Å²) in [5.74, 6) is 0.0219. The first-order chi connectivity index (χ1) is 12.7. The summed E-state index contributed by atoms with van der Waals surface area (Å²) in [6.45, 7) is 3.63. The van der Waals surface area contributed by atoms with E-state index in [-0.39, 0.29) is 23.6 Å². The fraction of sp³-hybridized carbons (Fsp3) is 0.333. The van der Waals surface area contributed by atoms with Gasteiger partial charge in [-0.2, -0.15) is 18.0 Å². The third-order valence-corrected chi connectivity index (χ3v) is 4.34. The molecule has 0 bridgehead atoms. The molecule has 3 aromatic rings. The minimum absolute atomic E-state index is 0.199. The highest BCUT2D eigenvalue weighted by Crippen LogP contribution is 2.24. The summed E-state index contributed by atoms with van der Waals surface area (Å²) in [6, 6.07) is 8.97. The Labute approximate surface area is 153 Å². The first kappa shape index (κ1) is 18.8. The standard InChI is InChI=1S/C18H18F3N5O/c1-11-6-4-5-7-14(11)17-22-24-26(23-17)9-16(27)15-8-12(2)25(13(15)3)10-18(19,20)21/h4-8H,9-10H2,1-3H3. The maximum atomic E-state index is 12.7. The van der Waals surface area contributed by atoms with Gasteiger partial charge in [0.1, 0.15) is 13.1 Å². The molecule has 0 amide bonds. The normalized spacial score (nSPS) is 11.8. The molecule has 0 atom stereocenters. The minimum Gasteiger partial charge on any atom is -0.339 e.